The number of piperidine rings is 2. The minimum Gasteiger partial charge on any atom is -0.348 e. The number of hydrogen-bond acceptors (Lipinski definition) is 5. The number of likely N-dealkylation sites (N-methyl/N-ethyl adjacent to an activating group) is 1. The lowest BCUT2D eigenvalue weighted by Gasteiger charge is -2.46. The van der Waals surface area contributed by atoms with Gasteiger partial charge in [0, 0.05) is 29.9 Å². The summed E-state index contributed by atoms with van der Waals surface area (Å²) >= 11 is 1.58. The molecule has 7 nitrogen and oxygen atoms in total. The van der Waals surface area contributed by atoms with Gasteiger partial charge in [0.15, 0.2) is 0 Å². The molecule has 4 atom stereocenters. The monoisotopic (exact) mass is 469 g/mol. The van der Waals surface area contributed by atoms with Crippen molar-refractivity contribution < 1.29 is 9.59 Å². The summed E-state index contributed by atoms with van der Waals surface area (Å²) in [4.78, 5) is 31.6. The number of thioether (sulfide) groups is 1. The second-order valence-electron chi connectivity index (χ2n) is 10.2. The number of likely N-dealkylation sites (tertiary alicyclic amines) is 1. The van der Waals surface area contributed by atoms with E-state index >= 15 is 0 Å². The molecular formula is C25H35N5O2S. The third-order valence-electron chi connectivity index (χ3n) is 7.45. The molecule has 3 amide bonds. The number of amides is 3. The Hall–Kier alpha value is -2.03. The van der Waals surface area contributed by atoms with E-state index in [2.05, 4.69) is 66.9 Å². The highest BCUT2D eigenvalue weighted by Gasteiger charge is 2.52. The number of nitrogens with one attached hydrogen (secondary N) is 3. The zero-order valence-corrected chi connectivity index (χ0v) is 20.8. The molecule has 4 heterocycles. The SMILES string of the molecule is Cc1cc(C(C)C)ccc1N1C(=O)NC2=C(C(=O)N[C@@H]3CCCN(C)C3)SC3NCCC1C23. The zero-order valence-electron chi connectivity index (χ0n) is 20.0. The van der Waals surface area contributed by atoms with Crippen LogP contribution >= 0.6 is 11.8 Å². The van der Waals surface area contributed by atoms with Crippen LogP contribution in [0, 0.1) is 12.8 Å². The van der Waals surface area contributed by atoms with Crippen LogP contribution in [-0.4, -0.2) is 61.0 Å². The summed E-state index contributed by atoms with van der Waals surface area (Å²) < 4.78 is 0. The van der Waals surface area contributed by atoms with Crippen molar-refractivity contribution in [1.82, 2.24) is 20.9 Å². The second-order valence-corrected chi connectivity index (χ2v) is 11.3. The van der Waals surface area contributed by atoms with Gasteiger partial charge in [0.25, 0.3) is 5.91 Å². The fourth-order valence-corrected chi connectivity index (χ4v) is 7.14. The molecule has 0 radical (unpaired) electrons. The molecule has 5 rings (SSSR count). The molecule has 8 heteroatoms. The standard InChI is InChI=1S/C25H35N5O2S/c1-14(2)16-7-8-18(15(3)12-16)30-19-9-10-26-24-20(19)21(28-25(30)32)22(33-24)23(31)27-17-6-5-11-29(4)13-17/h7-8,12,14,17,19-20,24,26H,5-6,9-11,13H2,1-4H3,(H,27,31)(H,28,32)/t17-,19?,20?,24?/m1/s1. The number of benzene rings is 1. The van der Waals surface area contributed by atoms with Crippen LogP contribution in [0.2, 0.25) is 0 Å². The van der Waals surface area contributed by atoms with Crippen LogP contribution in [0.25, 0.3) is 0 Å². The van der Waals surface area contributed by atoms with Gasteiger partial charge in [-0.05, 0) is 69.4 Å². The predicted molar refractivity (Wildman–Crippen MR) is 133 cm³/mol. The third-order valence-corrected chi connectivity index (χ3v) is 8.81. The normalized spacial score (nSPS) is 29.8. The van der Waals surface area contributed by atoms with Crippen molar-refractivity contribution in [2.45, 2.75) is 63.4 Å². The van der Waals surface area contributed by atoms with Crippen LogP contribution in [0.15, 0.2) is 28.8 Å². The summed E-state index contributed by atoms with van der Waals surface area (Å²) in [5.41, 5.74) is 4.17. The smallest absolute Gasteiger partial charge is 0.326 e. The Morgan fingerprint density at radius 2 is 2.09 bits per heavy atom. The maximum atomic E-state index is 13.4. The molecule has 33 heavy (non-hydrogen) atoms. The van der Waals surface area contributed by atoms with E-state index in [4.69, 9.17) is 0 Å². The van der Waals surface area contributed by atoms with Gasteiger partial charge in [-0.3, -0.25) is 9.69 Å². The lowest BCUT2D eigenvalue weighted by Crippen LogP contribution is -2.62. The molecule has 3 N–H and O–H groups in total. The number of rotatable bonds is 4. The zero-order chi connectivity index (χ0) is 23.3. The molecule has 4 aliphatic heterocycles. The van der Waals surface area contributed by atoms with Crippen LogP contribution in [0.4, 0.5) is 10.5 Å². The van der Waals surface area contributed by atoms with Crippen molar-refractivity contribution in [1.29, 1.82) is 0 Å². The van der Waals surface area contributed by atoms with Gasteiger partial charge in [-0.15, -0.1) is 0 Å². The van der Waals surface area contributed by atoms with E-state index in [1.165, 1.54) is 5.56 Å². The van der Waals surface area contributed by atoms with Crippen LogP contribution in [0.1, 0.15) is 50.2 Å². The molecule has 0 aromatic heterocycles. The van der Waals surface area contributed by atoms with Crippen molar-refractivity contribution >= 4 is 29.4 Å². The van der Waals surface area contributed by atoms with Gasteiger partial charge in [0.2, 0.25) is 0 Å². The van der Waals surface area contributed by atoms with Crippen LogP contribution < -0.4 is 20.9 Å². The molecule has 178 valence electrons. The Bertz CT molecular complexity index is 993. The summed E-state index contributed by atoms with van der Waals surface area (Å²) in [5.74, 6) is 0.485. The van der Waals surface area contributed by atoms with Crippen molar-refractivity contribution in [3.63, 3.8) is 0 Å². The van der Waals surface area contributed by atoms with Gasteiger partial charge in [-0.1, -0.05) is 37.7 Å². The average molecular weight is 470 g/mol. The molecular weight excluding hydrogens is 434 g/mol. The van der Waals surface area contributed by atoms with Crippen LogP contribution in [-0.2, 0) is 4.79 Å². The number of urea groups is 1. The Balaban J connectivity index is 1.42. The summed E-state index contributed by atoms with van der Waals surface area (Å²) in [6.45, 7) is 9.24. The van der Waals surface area contributed by atoms with E-state index in [0.717, 1.165) is 55.8 Å². The second kappa shape index (κ2) is 8.96. The quantitative estimate of drug-likeness (QED) is 0.632. The number of anilines is 1. The topological polar surface area (TPSA) is 76.7 Å². The lowest BCUT2D eigenvalue weighted by molar-refractivity contribution is -0.117. The third kappa shape index (κ3) is 4.17. The summed E-state index contributed by atoms with van der Waals surface area (Å²) in [5, 5.41) is 10.1. The minimum absolute atomic E-state index is 0.0437. The van der Waals surface area contributed by atoms with E-state index < -0.39 is 0 Å². The number of carbonyl (C=O) groups is 2. The maximum Gasteiger partial charge on any atom is 0.326 e. The molecule has 0 spiro atoms. The van der Waals surface area contributed by atoms with Gasteiger partial charge >= 0.3 is 6.03 Å². The average Bonchev–Trinajstić information content (AvgIpc) is 3.14. The predicted octanol–water partition coefficient (Wildman–Crippen LogP) is 3.12. The van der Waals surface area contributed by atoms with Crippen molar-refractivity contribution in [3.8, 4) is 0 Å². The molecule has 3 saturated heterocycles. The van der Waals surface area contributed by atoms with Gasteiger partial charge in [-0.2, -0.15) is 0 Å². The minimum atomic E-state index is -0.127. The van der Waals surface area contributed by atoms with Crippen molar-refractivity contribution in [2.75, 3.05) is 31.6 Å². The molecule has 1 aromatic rings. The first kappa shape index (κ1) is 22.7. The molecule has 4 aliphatic rings. The lowest BCUT2D eigenvalue weighted by atomic mass is 9.86. The van der Waals surface area contributed by atoms with E-state index in [1.54, 1.807) is 11.8 Å². The van der Waals surface area contributed by atoms with Crippen molar-refractivity contribution in [2.24, 2.45) is 5.92 Å². The molecule has 3 fully saturated rings. The van der Waals surface area contributed by atoms with E-state index in [0.29, 0.717) is 10.8 Å². The Labute approximate surface area is 200 Å². The molecule has 0 aliphatic carbocycles. The van der Waals surface area contributed by atoms with Crippen molar-refractivity contribution in [3.05, 3.63) is 39.9 Å². The number of carbonyl (C=O) groups excluding carboxylic acids is 2. The largest absolute Gasteiger partial charge is 0.348 e. The first-order valence-corrected chi connectivity index (χ1v) is 13.1. The van der Waals surface area contributed by atoms with Gasteiger partial charge in [0.05, 0.1) is 16.3 Å². The first-order valence-electron chi connectivity index (χ1n) is 12.2. The highest BCUT2D eigenvalue weighted by Crippen LogP contribution is 2.48. The number of hydrogen-bond donors (Lipinski definition) is 3. The Morgan fingerprint density at radius 3 is 2.82 bits per heavy atom. The highest BCUT2D eigenvalue weighted by atomic mass is 32.2. The first-order chi connectivity index (χ1) is 15.8. The molecule has 3 unspecified atom stereocenters. The maximum absolute atomic E-state index is 13.4. The van der Waals surface area contributed by atoms with Crippen LogP contribution in [0.3, 0.4) is 0 Å². The fraction of sp³-hybridized carbons (Fsp3) is 0.600. The summed E-state index contributed by atoms with van der Waals surface area (Å²) in [6.07, 6.45) is 2.96. The summed E-state index contributed by atoms with van der Waals surface area (Å²) in [6, 6.07) is 6.49. The Kier molecular flexibility index (Phi) is 6.18. The van der Waals surface area contributed by atoms with Gasteiger partial charge in [0.1, 0.15) is 0 Å². The van der Waals surface area contributed by atoms with Gasteiger partial charge < -0.3 is 20.9 Å². The number of aryl methyl sites for hydroxylation is 1. The van der Waals surface area contributed by atoms with E-state index in [9.17, 15) is 9.59 Å². The molecule has 0 saturated carbocycles. The van der Waals surface area contributed by atoms with Crippen LogP contribution in [0.5, 0.6) is 0 Å². The summed E-state index contributed by atoms with van der Waals surface area (Å²) in [7, 11) is 2.10. The van der Waals surface area contributed by atoms with Gasteiger partial charge in [-0.25, -0.2) is 4.79 Å². The fourth-order valence-electron chi connectivity index (χ4n) is 5.75. The Morgan fingerprint density at radius 1 is 1.27 bits per heavy atom. The highest BCUT2D eigenvalue weighted by molar-refractivity contribution is 8.04. The van der Waals surface area contributed by atoms with E-state index in [1.807, 2.05) is 4.90 Å². The van der Waals surface area contributed by atoms with E-state index in [-0.39, 0.29) is 35.3 Å². The number of nitrogens with zero attached hydrogens (tertiary/aromatic N) is 2. The molecule has 1 aromatic carbocycles. The molecule has 0 bridgehead atoms.